The van der Waals surface area contributed by atoms with E-state index in [1.54, 1.807) is 20.8 Å². The highest BCUT2D eigenvalue weighted by molar-refractivity contribution is 5.68. The molecule has 1 saturated heterocycles. The van der Waals surface area contributed by atoms with Crippen LogP contribution >= 0.6 is 0 Å². The second-order valence-electron chi connectivity index (χ2n) is 7.00. The molecule has 1 amide bonds. The number of nitrogens with one attached hydrogen (secondary N) is 2. The van der Waals surface area contributed by atoms with Gasteiger partial charge in [-0.15, -0.1) is 0 Å². The van der Waals surface area contributed by atoms with E-state index in [-0.39, 0.29) is 5.41 Å². The first-order valence-corrected chi connectivity index (χ1v) is 7.30. The van der Waals surface area contributed by atoms with Crippen molar-refractivity contribution in [2.45, 2.75) is 63.9 Å². The minimum Gasteiger partial charge on any atom is -0.444 e. The zero-order valence-electron chi connectivity index (χ0n) is 12.5. The molecule has 0 aromatic heterocycles. The Kier molecular flexibility index (Phi) is 4.27. The van der Waals surface area contributed by atoms with E-state index in [0.717, 1.165) is 25.9 Å². The van der Waals surface area contributed by atoms with Crippen LogP contribution in [0.25, 0.3) is 0 Å². The maximum Gasteiger partial charge on any atom is 0.407 e. The minimum absolute atomic E-state index is 0.235. The highest BCUT2D eigenvalue weighted by Gasteiger charge is 2.53. The fraction of sp³-hybridized carbons (Fsp3) is 0.929. The van der Waals surface area contributed by atoms with E-state index in [0.29, 0.717) is 6.42 Å². The van der Waals surface area contributed by atoms with Crippen LogP contribution in [0, 0.1) is 5.41 Å². The predicted molar refractivity (Wildman–Crippen MR) is 74.3 cm³/mol. The molecule has 3 atom stereocenters. The van der Waals surface area contributed by atoms with E-state index in [1.165, 1.54) is 0 Å². The maximum absolute atomic E-state index is 12.0. The Morgan fingerprint density at radius 3 is 2.45 bits per heavy atom. The summed E-state index contributed by atoms with van der Waals surface area (Å²) in [6.45, 7) is 7.07. The molecule has 6 nitrogen and oxygen atoms in total. The Balaban J connectivity index is 2.08. The molecule has 4 N–H and O–H groups in total. The van der Waals surface area contributed by atoms with Crippen molar-refractivity contribution >= 4 is 6.09 Å². The van der Waals surface area contributed by atoms with Crippen LogP contribution in [0.2, 0.25) is 0 Å². The van der Waals surface area contributed by atoms with Crippen LogP contribution in [-0.2, 0) is 4.74 Å². The standard InChI is InChI=1S/C14H26N2O4/c1-13(2,3)20-12(19)16-11-10(18)9(17)8-14(11)4-6-15-7-5-14/h9-11,15,17-18H,4-8H2,1-3H3,(H,16,19)/t9-,10+,11+/m0/s1. The fourth-order valence-electron chi connectivity index (χ4n) is 3.36. The van der Waals surface area contributed by atoms with Crippen molar-refractivity contribution in [3.05, 3.63) is 0 Å². The van der Waals surface area contributed by atoms with Gasteiger partial charge in [0.05, 0.1) is 12.1 Å². The van der Waals surface area contributed by atoms with Crippen molar-refractivity contribution in [3.63, 3.8) is 0 Å². The van der Waals surface area contributed by atoms with Crippen molar-refractivity contribution in [1.29, 1.82) is 0 Å². The lowest BCUT2D eigenvalue weighted by atomic mass is 9.74. The summed E-state index contributed by atoms with van der Waals surface area (Å²) in [6, 6.07) is -0.450. The van der Waals surface area contributed by atoms with Crippen molar-refractivity contribution in [2.24, 2.45) is 5.41 Å². The van der Waals surface area contributed by atoms with E-state index in [2.05, 4.69) is 10.6 Å². The summed E-state index contributed by atoms with van der Waals surface area (Å²) in [4.78, 5) is 12.0. The largest absolute Gasteiger partial charge is 0.444 e. The molecular weight excluding hydrogens is 260 g/mol. The van der Waals surface area contributed by atoms with Gasteiger partial charge in [0.25, 0.3) is 0 Å². The average molecular weight is 286 g/mol. The summed E-state index contributed by atoms with van der Waals surface area (Å²) in [5.41, 5.74) is -0.811. The molecule has 1 heterocycles. The third kappa shape index (κ3) is 3.24. The summed E-state index contributed by atoms with van der Waals surface area (Å²) in [5, 5.41) is 26.2. The lowest BCUT2D eigenvalue weighted by molar-refractivity contribution is 0.0141. The lowest BCUT2D eigenvalue weighted by Gasteiger charge is -2.40. The Bertz CT molecular complexity index is 361. The molecule has 6 heteroatoms. The number of rotatable bonds is 1. The van der Waals surface area contributed by atoms with Crippen LogP contribution in [0.4, 0.5) is 4.79 Å². The second-order valence-corrected chi connectivity index (χ2v) is 7.00. The van der Waals surface area contributed by atoms with Crippen LogP contribution in [0.3, 0.4) is 0 Å². The number of alkyl carbamates (subject to hydrolysis) is 1. The zero-order valence-corrected chi connectivity index (χ0v) is 12.5. The van der Waals surface area contributed by atoms with Gasteiger partial charge in [0, 0.05) is 0 Å². The first kappa shape index (κ1) is 15.5. The van der Waals surface area contributed by atoms with Crippen molar-refractivity contribution in [2.75, 3.05) is 13.1 Å². The van der Waals surface area contributed by atoms with E-state index in [1.807, 2.05) is 0 Å². The Labute approximate surface area is 119 Å². The van der Waals surface area contributed by atoms with Crippen LogP contribution < -0.4 is 10.6 Å². The van der Waals surface area contributed by atoms with Crippen LogP contribution in [0.15, 0.2) is 0 Å². The van der Waals surface area contributed by atoms with E-state index < -0.39 is 29.9 Å². The molecule has 0 bridgehead atoms. The number of hydrogen-bond donors (Lipinski definition) is 4. The summed E-state index contributed by atoms with van der Waals surface area (Å²) in [7, 11) is 0. The van der Waals surface area contributed by atoms with E-state index >= 15 is 0 Å². The van der Waals surface area contributed by atoms with Crippen LogP contribution in [0.5, 0.6) is 0 Å². The molecule has 0 radical (unpaired) electrons. The molecule has 1 aliphatic heterocycles. The predicted octanol–water partition coefficient (Wildman–Crippen LogP) is 0.375. The van der Waals surface area contributed by atoms with Gasteiger partial charge < -0.3 is 25.6 Å². The Morgan fingerprint density at radius 2 is 1.90 bits per heavy atom. The van der Waals surface area contributed by atoms with Gasteiger partial charge in [0.2, 0.25) is 0 Å². The number of ether oxygens (including phenoxy) is 1. The second kappa shape index (κ2) is 5.50. The first-order chi connectivity index (χ1) is 9.23. The molecule has 0 aromatic carbocycles. The number of aliphatic hydroxyl groups excluding tert-OH is 2. The molecule has 1 spiro atoms. The van der Waals surface area contributed by atoms with Gasteiger partial charge in [0.15, 0.2) is 0 Å². The fourth-order valence-corrected chi connectivity index (χ4v) is 3.36. The summed E-state index contributed by atoms with van der Waals surface area (Å²) in [5.74, 6) is 0. The van der Waals surface area contributed by atoms with Gasteiger partial charge in [-0.1, -0.05) is 0 Å². The minimum atomic E-state index is -0.930. The molecule has 116 valence electrons. The Hall–Kier alpha value is -0.850. The van der Waals surface area contributed by atoms with Crippen molar-refractivity contribution in [1.82, 2.24) is 10.6 Å². The molecule has 20 heavy (non-hydrogen) atoms. The lowest BCUT2D eigenvalue weighted by Crippen LogP contribution is -2.54. The quantitative estimate of drug-likeness (QED) is 0.559. The highest BCUT2D eigenvalue weighted by Crippen LogP contribution is 2.45. The molecule has 0 unspecified atom stereocenters. The molecule has 0 aromatic rings. The maximum atomic E-state index is 12.0. The van der Waals surface area contributed by atoms with Crippen LogP contribution in [-0.4, -0.2) is 53.2 Å². The average Bonchev–Trinajstić information content (AvgIpc) is 2.53. The summed E-state index contributed by atoms with van der Waals surface area (Å²) < 4.78 is 5.26. The van der Waals surface area contributed by atoms with E-state index in [4.69, 9.17) is 4.74 Å². The zero-order chi connectivity index (χ0) is 15.0. The monoisotopic (exact) mass is 286 g/mol. The molecule has 1 aliphatic carbocycles. The van der Waals surface area contributed by atoms with Gasteiger partial charge in [0.1, 0.15) is 11.7 Å². The van der Waals surface area contributed by atoms with Gasteiger partial charge in [-0.25, -0.2) is 4.79 Å². The topological polar surface area (TPSA) is 90.8 Å². The van der Waals surface area contributed by atoms with Gasteiger partial charge in [-0.3, -0.25) is 0 Å². The summed E-state index contributed by atoms with van der Waals surface area (Å²) in [6.07, 6.45) is -0.0540. The number of hydrogen-bond acceptors (Lipinski definition) is 5. The number of amides is 1. The molecule has 2 rings (SSSR count). The van der Waals surface area contributed by atoms with Gasteiger partial charge in [-0.05, 0) is 58.5 Å². The number of carbonyl (C=O) groups is 1. The third-order valence-electron chi connectivity index (χ3n) is 4.28. The number of carbonyl (C=O) groups excluding carboxylic acids is 1. The molecule has 1 saturated carbocycles. The third-order valence-corrected chi connectivity index (χ3v) is 4.28. The molecule has 2 aliphatic rings. The van der Waals surface area contributed by atoms with E-state index in [9.17, 15) is 15.0 Å². The number of piperidine rings is 1. The van der Waals surface area contributed by atoms with Crippen LogP contribution in [0.1, 0.15) is 40.0 Å². The first-order valence-electron chi connectivity index (χ1n) is 7.30. The SMILES string of the molecule is CC(C)(C)OC(=O)N[C@@H]1[C@H](O)[C@@H](O)CC12CCNCC2. The molecular formula is C14H26N2O4. The van der Waals surface area contributed by atoms with Crippen molar-refractivity contribution < 1.29 is 19.7 Å². The van der Waals surface area contributed by atoms with Gasteiger partial charge >= 0.3 is 6.09 Å². The van der Waals surface area contributed by atoms with Crippen molar-refractivity contribution in [3.8, 4) is 0 Å². The number of aliphatic hydroxyl groups is 2. The van der Waals surface area contributed by atoms with Gasteiger partial charge in [-0.2, -0.15) is 0 Å². The normalized spacial score (nSPS) is 33.1. The molecule has 2 fully saturated rings. The Morgan fingerprint density at radius 1 is 1.30 bits per heavy atom. The highest BCUT2D eigenvalue weighted by atomic mass is 16.6. The smallest absolute Gasteiger partial charge is 0.407 e. The summed E-state index contributed by atoms with van der Waals surface area (Å²) >= 11 is 0.